The van der Waals surface area contributed by atoms with E-state index in [9.17, 15) is 5.11 Å². The molecule has 0 saturated heterocycles. The van der Waals surface area contributed by atoms with Crippen molar-refractivity contribution < 1.29 is 5.11 Å². The van der Waals surface area contributed by atoms with Gasteiger partial charge in [-0.3, -0.25) is 0 Å². The predicted octanol–water partition coefficient (Wildman–Crippen LogP) is 2.45. The molecule has 1 aliphatic carbocycles. The van der Waals surface area contributed by atoms with Gasteiger partial charge in [0, 0.05) is 11.8 Å². The number of anilines is 1. The summed E-state index contributed by atoms with van der Waals surface area (Å²) in [5.41, 5.74) is 6.03. The molecular weight excluding hydrogens is 200 g/mol. The molecule has 0 amide bonds. The van der Waals surface area contributed by atoms with Crippen LogP contribution >= 0.6 is 0 Å². The molecule has 1 unspecified atom stereocenters. The van der Waals surface area contributed by atoms with Crippen LogP contribution in [0.25, 0.3) is 0 Å². The summed E-state index contributed by atoms with van der Waals surface area (Å²) in [6.07, 6.45) is 5.41. The molecule has 16 heavy (non-hydrogen) atoms. The highest BCUT2D eigenvalue weighted by atomic mass is 16.3. The summed E-state index contributed by atoms with van der Waals surface area (Å²) in [7, 11) is 0. The van der Waals surface area contributed by atoms with Gasteiger partial charge in [-0.15, -0.1) is 0 Å². The topological polar surface area (TPSA) is 59.1 Å². The Morgan fingerprint density at radius 1 is 1.38 bits per heavy atom. The Morgan fingerprint density at radius 3 is 2.75 bits per heavy atom. The number of aromatic nitrogens is 1. The molecule has 1 fully saturated rings. The second-order valence-corrected chi connectivity index (χ2v) is 5.66. The van der Waals surface area contributed by atoms with E-state index in [4.69, 9.17) is 5.73 Å². The Morgan fingerprint density at radius 2 is 2.12 bits per heavy atom. The van der Waals surface area contributed by atoms with E-state index in [0.717, 1.165) is 31.2 Å². The molecule has 3 nitrogen and oxygen atoms in total. The van der Waals surface area contributed by atoms with E-state index >= 15 is 0 Å². The number of hydrogen-bond acceptors (Lipinski definition) is 3. The maximum atomic E-state index is 10.7. The molecule has 0 spiro atoms. The van der Waals surface area contributed by atoms with Crippen LogP contribution in [-0.4, -0.2) is 10.1 Å². The molecule has 1 saturated carbocycles. The fourth-order valence-corrected chi connectivity index (χ4v) is 2.87. The van der Waals surface area contributed by atoms with Crippen LogP contribution in [0, 0.1) is 5.41 Å². The van der Waals surface area contributed by atoms with Gasteiger partial charge in [-0.1, -0.05) is 19.9 Å². The largest absolute Gasteiger partial charge is 0.385 e. The molecule has 1 aliphatic rings. The maximum absolute atomic E-state index is 10.7. The summed E-state index contributed by atoms with van der Waals surface area (Å²) in [4.78, 5) is 4.07. The first-order valence-electron chi connectivity index (χ1n) is 5.86. The van der Waals surface area contributed by atoms with Crippen molar-refractivity contribution in [3.63, 3.8) is 0 Å². The summed E-state index contributed by atoms with van der Waals surface area (Å²) in [6, 6.07) is 3.73. The number of nitrogens with zero attached hydrogens (tertiary/aromatic N) is 1. The molecule has 3 heteroatoms. The van der Waals surface area contributed by atoms with Crippen LogP contribution in [0.1, 0.15) is 45.1 Å². The van der Waals surface area contributed by atoms with E-state index in [-0.39, 0.29) is 5.41 Å². The Labute approximate surface area is 96.7 Å². The van der Waals surface area contributed by atoms with Crippen LogP contribution in [0.2, 0.25) is 0 Å². The Hall–Kier alpha value is -1.09. The molecule has 1 atom stereocenters. The summed E-state index contributed by atoms with van der Waals surface area (Å²) >= 11 is 0. The number of aliphatic hydroxyl groups is 1. The lowest BCUT2D eigenvalue weighted by molar-refractivity contribution is -0.0436. The van der Waals surface area contributed by atoms with Gasteiger partial charge in [-0.25, -0.2) is 4.98 Å². The van der Waals surface area contributed by atoms with Crippen LogP contribution in [0.15, 0.2) is 18.3 Å². The van der Waals surface area contributed by atoms with Crippen molar-refractivity contribution in [1.82, 2.24) is 4.98 Å². The summed E-state index contributed by atoms with van der Waals surface area (Å²) in [5.74, 6) is 0.461. The Bertz CT molecular complexity index is 389. The molecule has 1 heterocycles. The predicted molar refractivity (Wildman–Crippen MR) is 64.8 cm³/mol. The molecule has 1 aromatic heterocycles. The fourth-order valence-electron chi connectivity index (χ4n) is 2.87. The van der Waals surface area contributed by atoms with Gasteiger partial charge >= 0.3 is 0 Å². The first kappa shape index (κ1) is 11.4. The molecular formula is C13H20N2O. The normalized spacial score (nSPS) is 28.9. The van der Waals surface area contributed by atoms with Crippen molar-refractivity contribution in [2.75, 3.05) is 5.73 Å². The van der Waals surface area contributed by atoms with Gasteiger partial charge in [-0.2, -0.15) is 0 Å². The molecule has 1 aromatic rings. The van der Waals surface area contributed by atoms with E-state index in [1.54, 1.807) is 6.20 Å². The number of pyridine rings is 1. The van der Waals surface area contributed by atoms with Gasteiger partial charge in [-0.05, 0) is 37.2 Å². The van der Waals surface area contributed by atoms with Gasteiger partial charge in [0.15, 0.2) is 0 Å². The quantitative estimate of drug-likeness (QED) is 0.764. The minimum Gasteiger partial charge on any atom is -0.385 e. The van der Waals surface area contributed by atoms with Gasteiger partial charge < -0.3 is 10.8 Å². The van der Waals surface area contributed by atoms with E-state index in [0.29, 0.717) is 5.82 Å². The van der Waals surface area contributed by atoms with Crippen molar-refractivity contribution >= 4 is 5.82 Å². The molecule has 0 aliphatic heterocycles. The lowest BCUT2D eigenvalue weighted by atomic mass is 9.67. The Kier molecular flexibility index (Phi) is 2.66. The minimum atomic E-state index is -0.792. The third-order valence-corrected chi connectivity index (χ3v) is 3.55. The summed E-state index contributed by atoms with van der Waals surface area (Å²) in [6.45, 7) is 4.40. The van der Waals surface area contributed by atoms with Gasteiger partial charge in [0.05, 0.1) is 5.60 Å². The van der Waals surface area contributed by atoms with E-state index in [1.807, 2.05) is 12.1 Å². The number of hydrogen-bond donors (Lipinski definition) is 2. The lowest BCUT2D eigenvalue weighted by Crippen LogP contribution is -2.37. The van der Waals surface area contributed by atoms with Gasteiger partial charge in [0.2, 0.25) is 0 Å². The second kappa shape index (κ2) is 3.74. The van der Waals surface area contributed by atoms with Crippen LogP contribution in [0.4, 0.5) is 5.82 Å². The molecule has 3 N–H and O–H groups in total. The van der Waals surface area contributed by atoms with E-state index < -0.39 is 5.60 Å². The molecule has 2 rings (SSSR count). The number of rotatable bonds is 1. The zero-order chi connectivity index (χ0) is 11.8. The van der Waals surface area contributed by atoms with Crippen molar-refractivity contribution in [3.05, 3.63) is 23.9 Å². The summed E-state index contributed by atoms with van der Waals surface area (Å²) < 4.78 is 0. The number of nitrogen functional groups attached to an aromatic ring is 1. The smallest absolute Gasteiger partial charge is 0.129 e. The average Bonchev–Trinajstić information content (AvgIpc) is 2.16. The van der Waals surface area contributed by atoms with Gasteiger partial charge in [0.1, 0.15) is 5.82 Å². The first-order valence-corrected chi connectivity index (χ1v) is 5.86. The monoisotopic (exact) mass is 220 g/mol. The summed E-state index contributed by atoms with van der Waals surface area (Å²) in [5, 5.41) is 10.7. The third-order valence-electron chi connectivity index (χ3n) is 3.55. The Balaban J connectivity index is 2.35. The van der Waals surface area contributed by atoms with Crippen LogP contribution < -0.4 is 5.73 Å². The molecule has 0 bridgehead atoms. The van der Waals surface area contributed by atoms with Crippen molar-refractivity contribution in [2.24, 2.45) is 5.41 Å². The highest BCUT2D eigenvalue weighted by molar-refractivity contribution is 5.43. The SMILES string of the molecule is CC1(C)CCCC(O)(c2cccnc2N)C1. The van der Waals surface area contributed by atoms with Crippen LogP contribution in [0.3, 0.4) is 0 Å². The average molecular weight is 220 g/mol. The third kappa shape index (κ3) is 2.05. The number of nitrogens with two attached hydrogens (primary N) is 1. The maximum Gasteiger partial charge on any atom is 0.129 e. The van der Waals surface area contributed by atoms with Crippen molar-refractivity contribution in [3.8, 4) is 0 Å². The second-order valence-electron chi connectivity index (χ2n) is 5.66. The van der Waals surface area contributed by atoms with E-state index in [1.165, 1.54) is 0 Å². The van der Waals surface area contributed by atoms with Crippen molar-refractivity contribution in [2.45, 2.75) is 45.1 Å². The zero-order valence-electron chi connectivity index (χ0n) is 10.0. The van der Waals surface area contributed by atoms with Crippen LogP contribution in [0.5, 0.6) is 0 Å². The van der Waals surface area contributed by atoms with Crippen LogP contribution in [-0.2, 0) is 5.60 Å². The van der Waals surface area contributed by atoms with Crippen molar-refractivity contribution in [1.29, 1.82) is 0 Å². The van der Waals surface area contributed by atoms with Gasteiger partial charge in [0.25, 0.3) is 0 Å². The first-order chi connectivity index (χ1) is 7.43. The standard InChI is InChI=1S/C13H20N2O/c1-12(2)6-4-7-13(16,9-12)10-5-3-8-15-11(10)14/h3,5,8,16H,4,6-7,9H2,1-2H3,(H2,14,15). The highest BCUT2D eigenvalue weighted by Gasteiger charge is 2.40. The minimum absolute atomic E-state index is 0.176. The highest BCUT2D eigenvalue weighted by Crippen LogP contribution is 2.47. The molecule has 0 radical (unpaired) electrons. The van der Waals surface area contributed by atoms with E-state index in [2.05, 4.69) is 18.8 Å². The molecule has 0 aromatic carbocycles. The zero-order valence-corrected chi connectivity index (χ0v) is 10.0. The lowest BCUT2D eigenvalue weighted by Gasteiger charge is -2.42. The fraction of sp³-hybridized carbons (Fsp3) is 0.615. The molecule has 88 valence electrons.